The van der Waals surface area contributed by atoms with E-state index in [2.05, 4.69) is 0 Å². The Balaban J connectivity index is 3.59. The third-order valence-electron chi connectivity index (χ3n) is 1.33. The normalized spacial score (nSPS) is 12.2. The molecule has 0 aliphatic heterocycles. The summed E-state index contributed by atoms with van der Waals surface area (Å²) in [4.78, 5) is 38.1. The van der Waals surface area contributed by atoms with Crippen molar-refractivity contribution in [3.05, 3.63) is 0 Å². The van der Waals surface area contributed by atoms with Crippen molar-refractivity contribution in [2.75, 3.05) is 20.6 Å². The van der Waals surface area contributed by atoms with Gasteiger partial charge in [-0.25, -0.2) is 4.79 Å². The first-order valence-electron chi connectivity index (χ1n) is 3.59. The molecule has 0 unspecified atom stereocenters. The van der Waals surface area contributed by atoms with E-state index in [0.717, 1.165) is 0 Å². The standard InChI is InChI=1S/C6H15NO4P/c1-7(2)5-3-4-6(8)12(9,10)11/h9-11H,3-5H2,1-2H3/q+1. The molecule has 6 heteroatoms. The fraction of sp³-hybridized carbons (Fsp3) is 0.833. The number of rotatable bonds is 5. The number of hydrogen-bond acceptors (Lipinski definition) is 5. The van der Waals surface area contributed by atoms with Gasteiger partial charge in [-0.3, -0.25) is 0 Å². The van der Waals surface area contributed by atoms with Crippen LogP contribution in [0.15, 0.2) is 0 Å². The first kappa shape index (κ1) is 11.9. The minimum atomic E-state index is -4.22. The van der Waals surface area contributed by atoms with Crippen LogP contribution in [0.3, 0.4) is 0 Å². The molecule has 0 bridgehead atoms. The van der Waals surface area contributed by atoms with Gasteiger partial charge >= 0.3 is 13.5 Å². The number of nitrogens with zero attached hydrogens (tertiary/aromatic N) is 1. The Morgan fingerprint density at radius 1 is 1.33 bits per heavy atom. The van der Waals surface area contributed by atoms with Crippen molar-refractivity contribution >= 4 is 13.5 Å². The molecule has 3 N–H and O–H groups in total. The molecule has 72 valence electrons. The van der Waals surface area contributed by atoms with Gasteiger partial charge in [0.15, 0.2) is 0 Å². The van der Waals surface area contributed by atoms with E-state index in [4.69, 9.17) is 14.7 Å². The Kier molecular flexibility index (Phi) is 4.82. The molecule has 0 heterocycles. The van der Waals surface area contributed by atoms with E-state index in [1.54, 1.807) is 0 Å². The zero-order valence-corrected chi connectivity index (χ0v) is 8.16. The van der Waals surface area contributed by atoms with Gasteiger partial charge in [0.25, 0.3) is 0 Å². The van der Waals surface area contributed by atoms with Crippen LogP contribution in [0.2, 0.25) is 0 Å². The van der Waals surface area contributed by atoms with Gasteiger partial charge in [-0.15, -0.1) is 0 Å². The van der Waals surface area contributed by atoms with Gasteiger partial charge < -0.3 is 4.90 Å². The molecule has 0 saturated carbocycles. The van der Waals surface area contributed by atoms with Gasteiger partial charge in [0, 0.05) is 0 Å². The first-order valence-corrected chi connectivity index (χ1v) is 5.24. The van der Waals surface area contributed by atoms with E-state index < -0.39 is 13.5 Å². The summed E-state index contributed by atoms with van der Waals surface area (Å²) in [5.41, 5.74) is -0.857. The molecule has 0 radical (unpaired) electrons. The van der Waals surface area contributed by atoms with Gasteiger partial charge in [0.05, 0.1) is 6.42 Å². The van der Waals surface area contributed by atoms with Crippen LogP contribution < -0.4 is 0 Å². The maximum atomic E-state index is 10.7. The highest BCUT2D eigenvalue weighted by molar-refractivity contribution is 7.76. The topological polar surface area (TPSA) is 81.0 Å². The third kappa shape index (κ3) is 5.57. The highest BCUT2D eigenvalue weighted by Crippen LogP contribution is 2.46. The molecule has 0 aliphatic rings. The zero-order valence-electron chi connectivity index (χ0n) is 7.27. The second kappa shape index (κ2) is 4.84. The van der Waals surface area contributed by atoms with E-state index >= 15 is 0 Å². The van der Waals surface area contributed by atoms with E-state index in [-0.39, 0.29) is 6.42 Å². The molecule has 0 aromatic heterocycles. The Morgan fingerprint density at radius 2 is 1.83 bits per heavy atom. The van der Waals surface area contributed by atoms with Crippen molar-refractivity contribution in [1.82, 2.24) is 4.90 Å². The minimum Gasteiger partial charge on any atom is -0.309 e. The smallest absolute Gasteiger partial charge is 0.309 e. The molecule has 0 aliphatic carbocycles. The molecular weight excluding hydrogens is 181 g/mol. The SMILES string of the molecule is CN(C)CCCC(=O)[P+](O)(O)O. The maximum Gasteiger partial charge on any atom is 0.478 e. The summed E-state index contributed by atoms with van der Waals surface area (Å²) >= 11 is 0. The fourth-order valence-electron chi connectivity index (χ4n) is 0.697. The predicted molar refractivity (Wildman–Crippen MR) is 46.4 cm³/mol. The van der Waals surface area contributed by atoms with Crippen LogP contribution in [0, 0.1) is 0 Å². The molecule has 0 spiro atoms. The van der Waals surface area contributed by atoms with Crippen molar-refractivity contribution in [3.63, 3.8) is 0 Å². The Hall–Kier alpha value is -0.0600. The van der Waals surface area contributed by atoms with Crippen LogP contribution in [0.5, 0.6) is 0 Å². The summed E-state index contributed by atoms with van der Waals surface area (Å²) in [6, 6.07) is 0. The first-order chi connectivity index (χ1) is 5.34. The van der Waals surface area contributed by atoms with E-state index in [0.29, 0.717) is 13.0 Å². The van der Waals surface area contributed by atoms with E-state index in [1.807, 2.05) is 19.0 Å². The Bertz CT molecular complexity index is 154. The average Bonchev–Trinajstić information content (AvgIpc) is 1.84. The summed E-state index contributed by atoms with van der Waals surface area (Å²) in [7, 11) is -0.522. The lowest BCUT2D eigenvalue weighted by molar-refractivity contribution is -0.114. The Morgan fingerprint density at radius 3 is 2.17 bits per heavy atom. The predicted octanol–water partition coefficient (Wildman–Crippen LogP) is -0.406. The van der Waals surface area contributed by atoms with E-state index in [9.17, 15) is 4.79 Å². The molecule has 0 saturated heterocycles. The minimum absolute atomic E-state index is 0.00938. The van der Waals surface area contributed by atoms with Crippen molar-refractivity contribution in [1.29, 1.82) is 0 Å². The summed E-state index contributed by atoms with van der Waals surface area (Å²) < 4.78 is 0. The van der Waals surface area contributed by atoms with Crippen LogP contribution in [0.4, 0.5) is 0 Å². The summed E-state index contributed by atoms with van der Waals surface area (Å²) in [6.07, 6.45) is 0.532. The van der Waals surface area contributed by atoms with Crippen molar-refractivity contribution in [3.8, 4) is 0 Å². The van der Waals surface area contributed by atoms with E-state index in [1.165, 1.54) is 0 Å². The number of hydrogen-bond donors (Lipinski definition) is 3. The van der Waals surface area contributed by atoms with Gasteiger partial charge in [-0.1, -0.05) is 0 Å². The van der Waals surface area contributed by atoms with Gasteiger partial charge in [-0.2, -0.15) is 14.7 Å². The van der Waals surface area contributed by atoms with Crippen LogP contribution >= 0.6 is 7.94 Å². The second-order valence-corrected chi connectivity index (χ2v) is 4.50. The van der Waals surface area contributed by atoms with Crippen molar-refractivity contribution in [2.45, 2.75) is 12.8 Å². The van der Waals surface area contributed by atoms with Crippen LogP contribution in [0.1, 0.15) is 12.8 Å². The second-order valence-electron chi connectivity index (χ2n) is 2.87. The molecule has 0 aromatic rings. The molecule has 0 atom stereocenters. The lowest BCUT2D eigenvalue weighted by Crippen LogP contribution is -2.15. The van der Waals surface area contributed by atoms with Gasteiger partial charge in [-0.05, 0) is 27.1 Å². The molecule has 12 heavy (non-hydrogen) atoms. The molecular formula is C6H15NO4P+. The third-order valence-corrected chi connectivity index (χ3v) is 2.22. The monoisotopic (exact) mass is 196 g/mol. The summed E-state index contributed by atoms with van der Waals surface area (Å²) in [5, 5.41) is 0. The molecule has 0 fully saturated rings. The summed E-state index contributed by atoms with van der Waals surface area (Å²) in [6.45, 7) is 0.686. The lowest BCUT2D eigenvalue weighted by atomic mass is 10.3. The van der Waals surface area contributed by atoms with Crippen molar-refractivity contribution < 1.29 is 19.5 Å². The number of carbonyl (C=O) groups is 1. The average molecular weight is 196 g/mol. The van der Waals surface area contributed by atoms with Crippen molar-refractivity contribution in [2.24, 2.45) is 0 Å². The highest BCUT2D eigenvalue weighted by atomic mass is 31.2. The van der Waals surface area contributed by atoms with Crippen LogP contribution in [-0.4, -0.2) is 45.7 Å². The largest absolute Gasteiger partial charge is 0.478 e. The zero-order chi connectivity index (χ0) is 9.78. The quantitative estimate of drug-likeness (QED) is 0.521. The van der Waals surface area contributed by atoms with Gasteiger partial charge in [0.2, 0.25) is 0 Å². The number of carbonyl (C=O) groups excluding carboxylic acids is 1. The highest BCUT2D eigenvalue weighted by Gasteiger charge is 2.41. The van der Waals surface area contributed by atoms with Crippen LogP contribution in [0.25, 0.3) is 0 Å². The maximum absolute atomic E-state index is 10.7. The molecule has 0 amide bonds. The Labute approximate surface area is 72.2 Å². The fourth-order valence-corrected chi connectivity index (χ4v) is 1.15. The summed E-state index contributed by atoms with van der Waals surface area (Å²) in [5.74, 6) is 0. The van der Waals surface area contributed by atoms with Crippen LogP contribution in [-0.2, 0) is 4.79 Å². The lowest BCUT2D eigenvalue weighted by Gasteiger charge is -2.07. The molecule has 5 nitrogen and oxygen atoms in total. The van der Waals surface area contributed by atoms with Gasteiger partial charge in [0.1, 0.15) is 0 Å². The molecule has 0 rings (SSSR count). The molecule has 0 aromatic carbocycles.